The number of hydrogen-bond acceptors (Lipinski definition) is 5. The van der Waals surface area contributed by atoms with E-state index in [-0.39, 0.29) is 12.1 Å². The number of nitrogens with zero attached hydrogens (tertiary/aromatic N) is 5. The number of aromatic nitrogens is 4. The summed E-state index contributed by atoms with van der Waals surface area (Å²) in [4.78, 5) is 1.84. The molecule has 0 atom stereocenters. The molecule has 0 aliphatic rings. The van der Waals surface area contributed by atoms with Crippen LogP contribution in [0.5, 0.6) is 0 Å². The van der Waals surface area contributed by atoms with Crippen molar-refractivity contribution in [3.05, 3.63) is 0 Å². The van der Waals surface area contributed by atoms with Gasteiger partial charge in [0.15, 0.2) is 0 Å². The van der Waals surface area contributed by atoms with Gasteiger partial charge in [-0.3, -0.25) is 0 Å². The Balaban J connectivity index is 2.91. The quantitative estimate of drug-likeness (QED) is 0.682. The summed E-state index contributed by atoms with van der Waals surface area (Å²) in [7, 11) is 3.61. The van der Waals surface area contributed by atoms with Gasteiger partial charge in [0, 0.05) is 14.1 Å². The van der Waals surface area contributed by atoms with Crippen molar-refractivity contribution in [1.82, 2.24) is 20.2 Å². The van der Waals surface area contributed by atoms with E-state index < -0.39 is 0 Å². The van der Waals surface area contributed by atoms with Gasteiger partial charge in [0.2, 0.25) is 5.95 Å². The summed E-state index contributed by atoms with van der Waals surface area (Å²) in [5.41, 5.74) is -0.359. The Morgan fingerprint density at radius 1 is 1.54 bits per heavy atom. The van der Waals surface area contributed by atoms with E-state index >= 15 is 0 Å². The lowest BCUT2D eigenvalue weighted by Gasteiger charge is -2.33. The van der Waals surface area contributed by atoms with Crippen molar-refractivity contribution in [3.8, 4) is 0 Å². The third-order valence-corrected chi connectivity index (χ3v) is 2.19. The molecule has 6 nitrogen and oxygen atoms in total. The van der Waals surface area contributed by atoms with Gasteiger partial charge in [-0.25, -0.2) is 4.68 Å². The van der Waals surface area contributed by atoms with Gasteiger partial charge >= 0.3 is 0 Å². The fourth-order valence-corrected chi connectivity index (χ4v) is 0.886. The lowest BCUT2D eigenvalue weighted by molar-refractivity contribution is 0.214. The van der Waals surface area contributed by atoms with E-state index in [0.717, 1.165) is 0 Å². The Morgan fingerprint density at radius 2 is 2.15 bits per heavy atom. The van der Waals surface area contributed by atoms with Gasteiger partial charge in [0.05, 0.1) is 12.1 Å². The molecular formula is C7H15N5O. The zero-order valence-corrected chi connectivity index (χ0v) is 8.39. The zero-order valence-electron chi connectivity index (χ0n) is 8.39. The van der Waals surface area contributed by atoms with Crippen LogP contribution in [0.25, 0.3) is 0 Å². The van der Waals surface area contributed by atoms with Gasteiger partial charge in [-0.05, 0) is 24.3 Å². The fourth-order valence-electron chi connectivity index (χ4n) is 0.886. The van der Waals surface area contributed by atoms with E-state index in [9.17, 15) is 0 Å². The molecule has 1 heterocycles. The summed E-state index contributed by atoms with van der Waals surface area (Å²) in [6.45, 7) is 3.89. The van der Waals surface area contributed by atoms with Crippen LogP contribution in [-0.4, -0.2) is 44.5 Å². The highest BCUT2D eigenvalue weighted by Crippen LogP contribution is 2.17. The highest BCUT2D eigenvalue weighted by Gasteiger charge is 2.25. The largest absolute Gasteiger partial charge is 0.394 e. The first-order valence-corrected chi connectivity index (χ1v) is 4.06. The van der Waals surface area contributed by atoms with Crippen LogP contribution in [0.2, 0.25) is 0 Å². The maximum Gasteiger partial charge on any atom is 0.245 e. The van der Waals surface area contributed by atoms with Crippen LogP contribution >= 0.6 is 0 Å². The molecule has 6 heteroatoms. The van der Waals surface area contributed by atoms with Crippen molar-refractivity contribution < 1.29 is 5.11 Å². The van der Waals surface area contributed by atoms with Crippen molar-refractivity contribution in [2.45, 2.75) is 19.4 Å². The van der Waals surface area contributed by atoms with Gasteiger partial charge in [-0.15, -0.1) is 0 Å². The van der Waals surface area contributed by atoms with E-state index in [4.69, 9.17) is 5.11 Å². The van der Waals surface area contributed by atoms with E-state index in [1.165, 1.54) is 0 Å². The van der Waals surface area contributed by atoms with Crippen molar-refractivity contribution >= 4 is 5.95 Å². The van der Waals surface area contributed by atoms with Crippen LogP contribution in [0.3, 0.4) is 0 Å². The number of anilines is 1. The molecule has 0 aliphatic heterocycles. The summed E-state index contributed by atoms with van der Waals surface area (Å²) in [6, 6.07) is 0. The molecule has 1 aromatic heterocycles. The Kier molecular flexibility index (Phi) is 2.51. The molecule has 0 saturated carbocycles. The van der Waals surface area contributed by atoms with Gasteiger partial charge in [-0.1, -0.05) is 5.10 Å². The van der Waals surface area contributed by atoms with E-state index in [1.807, 2.05) is 25.8 Å². The molecule has 74 valence electrons. The molecular weight excluding hydrogens is 170 g/mol. The zero-order chi connectivity index (χ0) is 10.1. The van der Waals surface area contributed by atoms with E-state index in [0.29, 0.717) is 5.95 Å². The summed E-state index contributed by atoms with van der Waals surface area (Å²) in [5, 5.41) is 20.2. The number of rotatable bonds is 3. The van der Waals surface area contributed by atoms with Crippen molar-refractivity contribution in [3.63, 3.8) is 0 Å². The molecule has 1 aromatic rings. The number of likely N-dealkylation sites (N-methyl/N-ethyl adjacent to an activating group) is 1. The first kappa shape index (κ1) is 9.91. The third-order valence-electron chi connectivity index (χ3n) is 2.19. The average molecular weight is 185 g/mol. The minimum Gasteiger partial charge on any atom is -0.394 e. The van der Waals surface area contributed by atoms with Crippen LogP contribution in [-0.2, 0) is 7.05 Å². The van der Waals surface area contributed by atoms with Crippen molar-refractivity contribution in [2.24, 2.45) is 7.05 Å². The van der Waals surface area contributed by atoms with Crippen LogP contribution < -0.4 is 4.90 Å². The number of hydrogen-bond donors (Lipinski definition) is 1. The molecule has 0 aliphatic carbocycles. The highest BCUT2D eigenvalue weighted by atomic mass is 16.3. The molecule has 13 heavy (non-hydrogen) atoms. The van der Waals surface area contributed by atoms with Gasteiger partial charge in [-0.2, -0.15) is 0 Å². The Hall–Kier alpha value is -1.17. The second-order valence-corrected chi connectivity index (χ2v) is 3.63. The number of aliphatic hydroxyl groups is 1. The van der Waals surface area contributed by atoms with Gasteiger partial charge in [0.25, 0.3) is 0 Å². The molecule has 0 saturated heterocycles. The second kappa shape index (κ2) is 3.29. The van der Waals surface area contributed by atoms with Crippen molar-refractivity contribution in [2.75, 3.05) is 18.6 Å². The second-order valence-electron chi connectivity index (χ2n) is 3.63. The summed E-state index contributed by atoms with van der Waals surface area (Å²) < 4.78 is 1.57. The number of aryl methyl sites for hydroxylation is 1. The molecule has 1 rings (SSSR count). The topological polar surface area (TPSA) is 67.1 Å². The van der Waals surface area contributed by atoms with Crippen LogP contribution in [0.15, 0.2) is 0 Å². The SMILES string of the molecule is CN(c1nnnn1C)C(C)(C)CO. The normalized spacial score (nSPS) is 11.8. The Morgan fingerprint density at radius 3 is 2.54 bits per heavy atom. The fraction of sp³-hybridized carbons (Fsp3) is 0.857. The molecule has 0 spiro atoms. The van der Waals surface area contributed by atoms with Gasteiger partial charge < -0.3 is 10.0 Å². The van der Waals surface area contributed by atoms with Crippen LogP contribution in [0, 0.1) is 0 Å². The maximum absolute atomic E-state index is 9.13. The van der Waals surface area contributed by atoms with Gasteiger partial charge in [0.1, 0.15) is 0 Å². The lowest BCUT2D eigenvalue weighted by Crippen LogP contribution is -2.45. The molecule has 0 unspecified atom stereocenters. The maximum atomic E-state index is 9.13. The molecule has 0 radical (unpaired) electrons. The molecule has 0 aromatic carbocycles. The Bertz CT molecular complexity index is 282. The van der Waals surface area contributed by atoms with Crippen LogP contribution in [0.4, 0.5) is 5.95 Å². The monoisotopic (exact) mass is 185 g/mol. The predicted octanol–water partition coefficient (Wildman–Crippen LogP) is -0.583. The van der Waals surface area contributed by atoms with Crippen LogP contribution in [0.1, 0.15) is 13.8 Å². The standard InChI is InChI=1S/C7H15N5O/c1-7(2,5-13)11(3)6-8-9-10-12(6)4/h13H,5H2,1-4H3. The number of tetrazole rings is 1. The summed E-state index contributed by atoms with van der Waals surface area (Å²) >= 11 is 0. The Labute approximate surface area is 77.2 Å². The lowest BCUT2D eigenvalue weighted by atomic mass is 10.1. The minimum absolute atomic E-state index is 0.0519. The molecule has 0 amide bonds. The first-order valence-electron chi connectivity index (χ1n) is 4.06. The number of aliphatic hydroxyl groups excluding tert-OH is 1. The summed E-state index contributed by atoms with van der Waals surface area (Å²) in [6.07, 6.45) is 0. The summed E-state index contributed by atoms with van der Waals surface area (Å²) in [5.74, 6) is 0.638. The van der Waals surface area contributed by atoms with E-state index in [2.05, 4.69) is 15.5 Å². The highest BCUT2D eigenvalue weighted by molar-refractivity contribution is 5.30. The minimum atomic E-state index is -0.359. The molecule has 0 fully saturated rings. The van der Waals surface area contributed by atoms with E-state index in [1.54, 1.807) is 11.7 Å². The average Bonchev–Trinajstić information content (AvgIpc) is 2.50. The predicted molar refractivity (Wildman–Crippen MR) is 48.4 cm³/mol. The first-order chi connectivity index (χ1) is 5.99. The molecule has 1 N–H and O–H groups in total. The molecule has 0 bridgehead atoms. The third kappa shape index (κ3) is 1.77. The van der Waals surface area contributed by atoms with Crippen molar-refractivity contribution in [1.29, 1.82) is 0 Å². The smallest absolute Gasteiger partial charge is 0.245 e.